The molecule has 7 nitrogen and oxygen atoms in total. The largest absolute Gasteiger partial charge is 0.351 e. The maximum absolute atomic E-state index is 12.5. The van der Waals surface area contributed by atoms with Gasteiger partial charge in [0.05, 0.1) is 16.8 Å². The molecule has 0 aliphatic carbocycles. The van der Waals surface area contributed by atoms with Crippen molar-refractivity contribution in [2.45, 2.75) is 50.2 Å². The lowest BCUT2D eigenvalue weighted by molar-refractivity contribution is -0.120. The predicted octanol–water partition coefficient (Wildman–Crippen LogP) is 2.06. The van der Waals surface area contributed by atoms with Crippen LogP contribution in [0.15, 0.2) is 29.4 Å². The molecule has 1 aromatic heterocycles. The Morgan fingerprint density at radius 2 is 2.11 bits per heavy atom. The molecule has 0 saturated carbocycles. The van der Waals surface area contributed by atoms with E-state index in [1.165, 1.54) is 11.8 Å². The fourth-order valence-corrected chi connectivity index (χ4v) is 5.72. The van der Waals surface area contributed by atoms with Crippen molar-refractivity contribution in [1.82, 2.24) is 20.1 Å². The van der Waals surface area contributed by atoms with E-state index in [-0.39, 0.29) is 23.5 Å². The third-order valence-corrected chi connectivity index (χ3v) is 7.50. The zero-order valence-corrected chi connectivity index (χ0v) is 17.3. The minimum absolute atomic E-state index is 0.0265. The van der Waals surface area contributed by atoms with Crippen LogP contribution in [0.25, 0.3) is 11.4 Å². The average molecular weight is 409 g/mol. The summed E-state index contributed by atoms with van der Waals surface area (Å²) in [5.74, 6) is 0.778. The summed E-state index contributed by atoms with van der Waals surface area (Å²) < 4.78 is 25.1. The molecule has 3 rings (SSSR count). The van der Waals surface area contributed by atoms with Crippen LogP contribution in [0.3, 0.4) is 0 Å². The molecule has 146 valence electrons. The molecule has 1 N–H and O–H groups in total. The first-order chi connectivity index (χ1) is 12.8. The first-order valence-electron chi connectivity index (χ1n) is 8.97. The zero-order valence-electron chi connectivity index (χ0n) is 15.7. The van der Waals surface area contributed by atoms with E-state index in [9.17, 15) is 13.2 Å². The van der Waals surface area contributed by atoms with Gasteiger partial charge in [-0.2, -0.15) is 0 Å². The molecule has 2 atom stereocenters. The summed E-state index contributed by atoms with van der Waals surface area (Å²) in [6.07, 6.45) is 0.480. The Hall–Kier alpha value is -1.87. The first kappa shape index (κ1) is 19.9. The Morgan fingerprint density at radius 3 is 2.74 bits per heavy atom. The van der Waals surface area contributed by atoms with E-state index in [4.69, 9.17) is 0 Å². The summed E-state index contributed by atoms with van der Waals surface area (Å²) in [6.45, 7) is 6.53. The van der Waals surface area contributed by atoms with Gasteiger partial charge < -0.3 is 9.88 Å². The van der Waals surface area contributed by atoms with Gasteiger partial charge in [0.2, 0.25) is 5.91 Å². The number of sulfone groups is 1. The normalized spacial score (nSPS) is 19.7. The van der Waals surface area contributed by atoms with Gasteiger partial charge >= 0.3 is 0 Å². The Kier molecular flexibility index (Phi) is 5.90. The van der Waals surface area contributed by atoms with Crippen LogP contribution in [0.1, 0.15) is 25.8 Å². The molecule has 1 aromatic carbocycles. The van der Waals surface area contributed by atoms with Crippen LogP contribution < -0.4 is 5.32 Å². The lowest BCUT2D eigenvalue weighted by Gasteiger charge is -2.16. The standard InChI is InChI=1S/C18H24N4O3S2/c1-4-22-16(15-8-6-5-7-12(15)2)20-21-18(22)26-13(3)17(23)19-14-9-10-27(24,25)11-14/h5-8,13-14H,4,9-11H2,1-3H3,(H,19,23)/t13-,14-/m1/s1. The summed E-state index contributed by atoms with van der Waals surface area (Å²) in [6, 6.07) is 7.70. The van der Waals surface area contributed by atoms with Crippen LogP contribution >= 0.6 is 11.8 Å². The van der Waals surface area contributed by atoms with Crippen molar-refractivity contribution in [2.24, 2.45) is 0 Å². The Labute approximate surface area is 163 Å². The van der Waals surface area contributed by atoms with Crippen molar-refractivity contribution in [3.05, 3.63) is 29.8 Å². The number of hydrogen-bond donors (Lipinski definition) is 1. The maximum atomic E-state index is 12.5. The molecule has 1 aliphatic rings. The molecular weight excluding hydrogens is 384 g/mol. The zero-order chi connectivity index (χ0) is 19.6. The molecule has 2 heterocycles. The molecule has 1 aliphatic heterocycles. The highest BCUT2D eigenvalue weighted by molar-refractivity contribution is 8.00. The van der Waals surface area contributed by atoms with Crippen molar-refractivity contribution >= 4 is 27.5 Å². The predicted molar refractivity (Wildman–Crippen MR) is 106 cm³/mol. The highest BCUT2D eigenvalue weighted by Crippen LogP contribution is 2.28. The fourth-order valence-electron chi connectivity index (χ4n) is 3.12. The van der Waals surface area contributed by atoms with Gasteiger partial charge in [-0.25, -0.2) is 8.42 Å². The SMILES string of the molecule is CCn1c(S[C@H](C)C(=O)N[C@@H]2CCS(=O)(=O)C2)nnc1-c1ccccc1C. The summed E-state index contributed by atoms with van der Waals surface area (Å²) in [7, 11) is -3.02. The van der Waals surface area contributed by atoms with Gasteiger partial charge in [-0.05, 0) is 32.8 Å². The third kappa shape index (κ3) is 4.52. The number of benzene rings is 1. The minimum Gasteiger partial charge on any atom is -0.351 e. The molecule has 0 radical (unpaired) electrons. The summed E-state index contributed by atoms with van der Waals surface area (Å²) in [4.78, 5) is 12.5. The van der Waals surface area contributed by atoms with Crippen LogP contribution in [0, 0.1) is 6.92 Å². The minimum atomic E-state index is -3.02. The second-order valence-corrected chi connectivity index (χ2v) is 10.3. The van der Waals surface area contributed by atoms with Gasteiger partial charge in [0.1, 0.15) is 0 Å². The van der Waals surface area contributed by atoms with Crippen molar-refractivity contribution in [3.8, 4) is 11.4 Å². The number of carbonyl (C=O) groups is 1. The Balaban J connectivity index is 1.72. The number of carbonyl (C=O) groups excluding carboxylic acids is 1. The van der Waals surface area contributed by atoms with E-state index in [2.05, 4.69) is 15.5 Å². The highest BCUT2D eigenvalue weighted by atomic mass is 32.2. The van der Waals surface area contributed by atoms with Crippen LogP contribution in [0.2, 0.25) is 0 Å². The molecular formula is C18H24N4O3S2. The molecule has 0 spiro atoms. The van der Waals surface area contributed by atoms with Crippen LogP contribution in [-0.4, -0.2) is 51.9 Å². The molecule has 27 heavy (non-hydrogen) atoms. The van der Waals surface area contributed by atoms with E-state index in [0.717, 1.165) is 17.0 Å². The van der Waals surface area contributed by atoms with E-state index < -0.39 is 15.1 Å². The number of nitrogens with one attached hydrogen (secondary N) is 1. The number of rotatable bonds is 6. The third-order valence-electron chi connectivity index (χ3n) is 4.65. The number of hydrogen-bond acceptors (Lipinski definition) is 6. The molecule has 0 unspecified atom stereocenters. The first-order valence-corrected chi connectivity index (χ1v) is 11.7. The number of amides is 1. The monoisotopic (exact) mass is 408 g/mol. The number of nitrogens with zero attached hydrogens (tertiary/aromatic N) is 3. The molecule has 1 fully saturated rings. The fraction of sp³-hybridized carbons (Fsp3) is 0.500. The molecule has 1 amide bonds. The van der Waals surface area contributed by atoms with Gasteiger partial charge in [-0.15, -0.1) is 10.2 Å². The van der Waals surface area contributed by atoms with Crippen molar-refractivity contribution < 1.29 is 13.2 Å². The van der Waals surface area contributed by atoms with E-state index in [0.29, 0.717) is 18.1 Å². The second kappa shape index (κ2) is 8.02. The number of thioether (sulfide) groups is 1. The number of aromatic nitrogens is 3. The van der Waals surface area contributed by atoms with Crippen LogP contribution in [0.4, 0.5) is 0 Å². The smallest absolute Gasteiger partial charge is 0.233 e. The molecule has 1 saturated heterocycles. The lowest BCUT2D eigenvalue weighted by Crippen LogP contribution is -2.40. The topological polar surface area (TPSA) is 94.0 Å². The van der Waals surface area contributed by atoms with Gasteiger partial charge in [-0.3, -0.25) is 4.79 Å². The van der Waals surface area contributed by atoms with Gasteiger partial charge in [0.25, 0.3) is 0 Å². The highest BCUT2D eigenvalue weighted by Gasteiger charge is 2.30. The quantitative estimate of drug-likeness (QED) is 0.736. The van der Waals surface area contributed by atoms with Crippen LogP contribution in [-0.2, 0) is 21.2 Å². The number of aryl methyl sites for hydroxylation is 1. The maximum Gasteiger partial charge on any atom is 0.233 e. The molecule has 0 bridgehead atoms. The van der Waals surface area contributed by atoms with Crippen molar-refractivity contribution in [1.29, 1.82) is 0 Å². The van der Waals surface area contributed by atoms with Gasteiger partial charge in [-0.1, -0.05) is 36.0 Å². The summed E-state index contributed by atoms with van der Waals surface area (Å²) in [5, 5.41) is 11.7. The van der Waals surface area contributed by atoms with E-state index in [1.807, 2.05) is 42.7 Å². The van der Waals surface area contributed by atoms with Gasteiger partial charge in [0, 0.05) is 18.2 Å². The Morgan fingerprint density at radius 1 is 1.37 bits per heavy atom. The lowest BCUT2D eigenvalue weighted by atomic mass is 10.1. The molecule has 2 aromatic rings. The summed E-state index contributed by atoms with van der Waals surface area (Å²) >= 11 is 1.34. The second-order valence-electron chi connectivity index (χ2n) is 6.73. The van der Waals surface area contributed by atoms with Gasteiger partial charge in [0.15, 0.2) is 20.8 Å². The van der Waals surface area contributed by atoms with E-state index in [1.54, 1.807) is 6.92 Å². The van der Waals surface area contributed by atoms with E-state index >= 15 is 0 Å². The summed E-state index contributed by atoms with van der Waals surface area (Å²) in [5.41, 5.74) is 2.14. The Bertz CT molecular complexity index is 940. The van der Waals surface area contributed by atoms with Crippen LogP contribution in [0.5, 0.6) is 0 Å². The van der Waals surface area contributed by atoms with Crippen molar-refractivity contribution in [2.75, 3.05) is 11.5 Å². The van der Waals surface area contributed by atoms with Crippen molar-refractivity contribution in [3.63, 3.8) is 0 Å². The average Bonchev–Trinajstić information content (AvgIpc) is 3.17. The molecule has 9 heteroatoms.